The van der Waals surface area contributed by atoms with Gasteiger partial charge in [0.1, 0.15) is 0 Å². The lowest BCUT2D eigenvalue weighted by Gasteiger charge is -2.12. The Labute approximate surface area is 129 Å². The van der Waals surface area contributed by atoms with Crippen LogP contribution < -0.4 is 5.32 Å². The first kappa shape index (κ1) is 17.7. The number of amides is 1. The molecule has 1 aromatic carbocycles. The van der Waals surface area contributed by atoms with Gasteiger partial charge in [-0.1, -0.05) is 31.9 Å². The Morgan fingerprint density at radius 2 is 1.82 bits per heavy atom. The molecule has 0 aliphatic rings. The van der Waals surface area contributed by atoms with Gasteiger partial charge in [-0.05, 0) is 25.0 Å². The number of carbonyl (C=O) groups excluding carboxylic acids is 1. The Bertz CT molecular complexity index is 541. The maximum absolute atomic E-state index is 11.9. The molecule has 0 aliphatic carbocycles. The lowest BCUT2D eigenvalue weighted by molar-refractivity contribution is -0.142. The molecule has 0 heterocycles. The van der Waals surface area contributed by atoms with Gasteiger partial charge >= 0.3 is 11.9 Å². The van der Waals surface area contributed by atoms with Crippen LogP contribution in [0.3, 0.4) is 0 Å². The average molecular weight is 307 g/mol. The summed E-state index contributed by atoms with van der Waals surface area (Å²) >= 11 is 0. The molecule has 6 heteroatoms. The molecule has 0 fully saturated rings. The molecule has 0 spiro atoms. The van der Waals surface area contributed by atoms with E-state index in [2.05, 4.69) is 5.32 Å². The number of hydrogen-bond acceptors (Lipinski definition) is 3. The topological polar surface area (TPSA) is 104 Å². The van der Waals surface area contributed by atoms with Crippen molar-refractivity contribution in [3.8, 4) is 0 Å². The lowest BCUT2D eigenvalue weighted by atomic mass is 9.97. The van der Waals surface area contributed by atoms with Crippen molar-refractivity contribution in [2.75, 3.05) is 5.32 Å². The van der Waals surface area contributed by atoms with Crippen molar-refractivity contribution in [3.05, 3.63) is 29.8 Å². The molecule has 1 aromatic rings. The van der Waals surface area contributed by atoms with Gasteiger partial charge in [0.25, 0.3) is 0 Å². The number of anilines is 1. The van der Waals surface area contributed by atoms with Crippen LogP contribution in [0.15, 0.2) is 24.3 Å². The van der Waals surface area contributed by atoms with Crippen LogP contribution in [0.1, 0.15) is 49.4 Å². The zero-order chi connectivity index (χ0) is 16.5. The highest BCUT2D eigenvalue weighted by Crippen LogP contribution is 2.18. The fourth-order valence-corrected chi connectivity index (χ4v) is 2.14. The molecule has 3 N–H and O–H groups in total. The number of aliphatic carboxylic acids is 1. The Balaban J connectivity index is 2.59. The van der Waals surface area contributed by atoms with E-state index < -0.39 is 17.9 Å². The minimum atomic E-state index is -1.12. The highest BCUT2D eigenvalue weighted by Gasteiger charge is 2.19. The van der Waals surface area contributed by atoms with Crippen LogP contribution in [-0.4, -0.2) is 28.1 Å². The fourth-order valence-electron chi connectivity index (χ4n) is 2.14. The van der Waals surface area contributed by atoms with Gasteiger partial charge in [-0.2, -0.15) is 0 Å². The molecule has 0 aromatic heterocycles. The highest BCUT2D eigenvalue weighted by molar-refractivity contribution is 6.00. The average Bonchev–Trinajstić information content (AvgIpc) is 2.47. The standard InChI is InChI=1S/C16H21NO5/c1-2-3-6-11(15(19)20)9-10-14(18)17-13-8-5-4-7-12(13)16(21)22/h4-5,7-8,11H,2-3,6,9-10H2,1H3,(H,17,18)(H,19,20)(H,21,22)/t11-/m0/s1. The van der Waals surface area contributed by atoms with E-state index in [1.165, 1.54) is 12.1 Å². The van der Waals surface area contributed by atoms with Crippen molar-refractivity contribution in [1.29, 1.82) is 0 Å². The smallest absolute Gasteiger partial charge is 0.337 e. The van der Waals surface area contributed by atoms with E-state index in [0.717, 1.165) is 12.8 Å². The van der Waals surface area contributed by atoms with Gasteiger partial charge in [0.05, 0.1) is 17.2 Å². The van der Waals surface area contributed by atoms with Gasteiger partial charge in [0.15, 0.2) is 0 Å². The van der Waals surface area contributed by atoms with Gasteiger partial charge in [-0.15, -0.1) is 0 Å². The number of benzene rings is 1. The molecule has 0 saturated heterocycles. The molecule has 1 atom stereocenters. The van der Waals surface area contributed by atoms with E-state index in [1.807, 2.05) is 6.92 Å². The number of carboxylic acid groups (broad SMARTS) is 2. The number of hydrogen-bond donors (Lipinski definition) is 3. The normalized spacial score (nSPS) is 11.7. The van der Waals surface area contributed by atoms with Crippen molar-refractivity contribution in [2.45, 2.75) is 39.0 Å². The van der Waals surface area contributed by atoms with Gasteiger partial charge in [0, 0.05) is 6.42 Å². The second-order valence-electron chi connectivity index (χ2n) is 5.11. The van der Waals surface area contributed by atoms with Crippen LogP contribution in [0.2, 0.25) is 0 Å². The minimum absolute atomic E-state index is 0.0108. The van der Waals surface area contributed by atoms with Crippen LogP contribution >= 0.6 is 0 Å². The van der Waals surface area contributed by atoms with E-state index in [4.69, 9.17) is 10.2 Å². The summed E-state index contributed by atoms with van der Waals surface area (Å²) < 4.78 is 0. The van der Waals surface area contributed by atoms with Crippen LogP contribution in [0.4, 0.5) is 5.69 Å². The van der Waals surface area contributed by atoms with Crippen LogP contribution in [0.25, 0.3) is 0 Å². The fraction of sp³-hybridized carbons (Fsp3) is 0.438. The van der Waals surface area contributed by atoms with Gasteiger partial charge in [-0.3, -0.25) is 9.59 Å². The molecule has 6 nitrogen and oxygen atoms in total. The van der Waals surface area contributed by atoms with Crippen molar-refractivity contribution >= 4 is 23.5 Å². The van der Waals surface area contributed by atoms with E-state index in [9.17, 15) is 14.4 Å². The predicted octanol–water partition coefficient (Wildman–Crippen LogP) is 2.99. The van der Waals surface area contributed by atoms with E-state index >= 15 is 0 Å². The number of para-hydroxylation sites is 1. The van der Waals surface area contributed by atoms with Crippen molar-refractivity contribution < 1.29 is 24.6 Å². The second-order valence-corrected chi connectivity index (χ2v) is 5.11. The maximum atomic E-state index is 11.9. The number of nitrogens with one attached hydrogen (secondary N) is 1. The zero-order valence-corrected chi connectivity index (χ0v) is 12.5. The molecule has 0 unspecified atom stereocenters. The van der Waals surface area contributed by atoms with E-state index in [-0.39, 0.29) is 30.0 Å². The molecule has 1 rings (SSSR count). The zero-order valence-electron chi connectivity index (χ0n) is 12.5. The number of unbranched alkanes of at least 4 members (excludes halogenated alkanes) is 1. The first-order valence-electron chi connectivity index (χ1n) is 7.30. The maximum Gasteiger partial charge on any atom is 0.337 e. The molecule has 120 valence electrons. The molecule has 0 radical (unpaired) electrons. The number of rotatable bonds is 9. The van der Waals surface area contributed by atoms with Crippen LogP contribution in [0.5, 0.6) is 0 Å². The first-order chi connectivity index (χ1) is 10.5. The Kier molecular flexibility index (Phi) is 7.08. The SMILES string of the molecule is CCCC[C@@H](CCC(=O)Nc1ccccc1C(=O)O)C(=O)O. The first-order valence-corrected chi connectivity index (χ1v) is 7.30. The van der Waals surface area contributed by atoms with Crippen molar-refractivity contribution in [1.82, 2.24) is 0 Å². The lowest BCUT2D eigenvalue weighted by Crippen LogP contribution is -2.19. The number of carbonyl (C=O) groups is 3. The summed E-state index contributed by atoms with van der Waals surface area (Å²) in [5.74, 6) is -2.94. The summed E-state index contributed by atoms with van der Waals surface area (Å²) in [6.07, 6.45) is 2.55. The van der Waals surface area contributed by atoms with Gasteiger partial charge < -0.3 is 15.5 Å². The summed E-state index contributed by atoms with van der Waals surface area (Å²) in [6, 6.07) is 6.11. The summed E-state index contributed by atoms with van der Waals surface area (Å²) in [5, 5.41) is 20.7. The monoisotopic (exact) mass is 307 g/mol. The Morgan fingerprint density at radius 1 is 1.14 bits per heavy atom. The van der Waals surface area contributed by atoms with Crippen molar-refractivity contribution in [2.24, 2.45) is 5.92 Å². The third-order valence-electron chi connectivity index (χ3n) is 3.41. The molecular formula is C16H21NO5. The molecular weight excluding hydrogens is 286 g/mol. The highest BCUT2D eigenvalue weighted by atomic mass is 16.4. The molecule has 22 heavy (non-hydrogen) atoms. The third kappa shape index (κ3) is 5.55. The third-order valence-corrected chi connectivity index (χ3v) is 3.41. The summed E-state index contributed by atoms with van der Waals surface area (Å²) in [5.41, 5.74) is 0.233. The largest absolute Gasteiger partial charge is 0.481 e. The predicted molar refractivity (Wildman–Crippen MR) is 81.9 cm³/mol. The second kappa shape index (κ2) is 8.81. The van der Waals surface area contributed by atoms with Gasteiger partial charge in [0.2, 0.25) is 5.91 Å². The minimum Gasteiger partial charge on any atom is -0.481 e. The summed E-state index contributed by atoms with van der Waals surface area (Å²) in [6.45, 7) is 1.98. The van der Waals surface area contributed by atoms with E-state index in [0.29, 0.717) is 6.42 Å². The number of carboxylic acids is 2. The Hall–Kier alpha value is -2.37. The molecule has 0 bridgehead atoms. The molecule has 0 saturated carbocycles. The molecule has 0 aliphatic heterocycles. The van der Waals surface area contributed by atoms with Crippen LogP contribution in [-0.2, 0) is 9.59 Å². The Morgan fingerprint density at radius 3 is 2.41 bits per heavy atom. The van der Waals surface area contributed by atoms with Gasteiger partial charge in [-0.25, -0.2) is 4.79 Å². The summed E-state index contributed by atoms with van der Waals surface area (Å²) in [4.78, 5) is 34.0. The quantitative estimate of drug-likeness (QED) is 0.650. The number of aromatic carboxylic acids is 1. The van der Waals surface area contributed by atoms with E-state index in [1.54, 1.807) is 12.1 Å². The van der Waals surface area contributed by atoms with Crippen molar-refractivity contribution in [3.63, 3.8) is 0 Å². The summed E-state index contributed by atoms with van der Waals surface area (Å²) in [7, 11) is 0. The van der Waals surface area contributed by atoms with Crippen LogP contribution in [0, 0.1) is 5.92 Å². The molecule has 1 amide bonds.